The molecule has 1 rings (SSSR count). The van der Waals surface area contributed by atoms with Crippen LogP contribution < -0.4 is 11.1 Å². The molecule has 5 nitrogen and oxygen atoms in total. The highest BCUT2D eigenvalue weighted by atomic mass is 16.2. The van der Waals surface area contributed by atoms with Crippen molar-refractivity contribution < 1.29 is 9.59 Å². The Labute approximate surface area is 103 Å². The average molecular weight is 241 g/mol. The lowest BCUT2D eigenvalue weighted by atomic mass is 9.87. The van der Waals surface area contributed by atoms with Gasteiger partial charge in [-0.1, -0.05) is 20.8 Å². The molecule has 0 radical (unpaired) electrons. The number of amides is 2. The van der Waals surface area contributed by atoms with Crippen LogP contribution in [0.4, 0.5) is 0 Å². The number of carbonyl (C=O) groups is 2. The third-order valence-corrected chi connectivity index (χ3v) is 2.70. The van der Waals surface area contributed by atoms with E-state index in [1.165, 1.54) is 0 Å². The van der Waals surface area contributed by atoms with Crippen molar-refractivity contribution >= 4 is 11.8 Å². The first-order valence-electron chi connectivity index (χ1n) is 6.08. The summed E-state index contributed by atoms with van der Waals surface area (Å²) in [5.74, 6) is -0.106. The van der Waals surface area contributed by atoms with Crippen LogP contribution in [0.2, 0.25) is 0 Å². The van der Waals surface area contributed by atoms with E-state index in [2.05, 4.69) is 26.1 Å². The number of rotatable bonds is 3. The third-order valence-electron chi connectivity index (χ3n) is 2.70. The smallest absolute Gasteiger partial charge is 0.239 e. The molecule has 0 aromatic carbocycles. The molecule has 1 heterocycles. The molecule has 1 aliphatic heterocycles. The molecule has 3 N–H and O–H groups in total. The number of hydrogen-bond acceptors (Lipinski definition) is 3. The molecule has 1 aliphatic rings. The van der Waals surface area contributed by atoms with E-state index in [1.54, 1.807) is 4.90 Å². The van der Waals surface area contributed by atoms with Gasteiger partial charge in [0.15, 0.2) is 0 Å². The molecular formula is C12H23N3O2. The lowest BCUT2D eigenvalue weighted by Gasteiger charge is -2.29. The van der Waals surface area contributed by atoms with Gasteiger partial charge in [-0.05, 0) is 11.8 Å². The molecule has 1 fully saturated rings. The van der Waals surface area contributed by atoms with Crippen molar-refractivity contribution in [3.8, 4) is 0 Å². The summed E-state index contributed by atoms with van der Waals surface area (Å²) in [6, 6.07) is -0.132. The fourth-order valence-corrected chi connectivity index (χ4v) is 2.06. The maximum Gasteiger partial charge on any atom is 0.239 e. The molecule has 0 aromatic heterocycles. The molecule has 0 bridgehead atoms. The monoisotopic (exact) mass is 241 g/mol. The largest absolute Gasteiger partial charge is 0.353 e. The Bertz CT molecular complexity index is 297. The van der Waals surface area contributed by atoms with E-state index in [1.807, 2.05) is 0 Å². The minimum absolute atomic E-state index is 0.0170. The van der Waals surface area contributed by atoms with Crippen LogP contribution >= 0.6 is 0 Å². The summed E-state index contributed by atoms with van der Waals surface area (Å²) in [5, 5.41) is 2.69. The van der Waals surface area contributed by atoms with Gasteiger partial charge in [-0.2, -0.15) is 0 Å². The molecule has 0 aromatic rings. The van der Waals surface area contributed by atoms with Crippen LogP contribution in [0.5, 0.6) is 0 Å². The quantitative estimate of drug-likeness (QED) is 0.735. The zero-order valence-electron chi connectivity index (χ0n) is 11.0. The van der Waals surface area contributed by atoms with Crippen LogP contribution in [0, 0.1) is 5.41 Å². The van der Waals surface area contributed by atoms with E-state index in [0.29, 0.717) is 19.5 Å². The van der Waals surface area contributed by atoms with Gasteiger partial charge in [0.25, 0.3) is 0 Å². The fourth-order valence-electron chi connectivity index (χ4n) is 2.06. The number of nitrogens with zero attached hydrogens (tertiary/aromatic N) is 1. The minimum atomic E-state index is -0.132. The fraction of sp³-hybridized carbons (Fsp3) is 0.833. The Morgan fingerprint density at radius 3 is 2.71 bits per heavy atom. The summed E-state index contributed by atoms with van der Waals surface area (Å²) in [4.78, 5) is 24.6. The lowest BCUT2D eigenvalue weighted by Crippen LogP contribution is -2.51. The highest BCUT2D eigenvalue weighted by molar-refractivity contribution is 5.86. The molecule has 1 atom stereocenters. The highest BCUT2D eigenvalue weighted by Crippen LogP contribution is 2.21. The molecular weight excluding hydrogens is 218 g/mol. The Balaban J connectivity index is 2.40. The molecule has 2 amide bonds. The molecule has 5 heteroatoms. The summed E-state index contributed by atoms with van der Waals surface area (Å²) in [6.07, 6.45) is 1.13. The van der Waals surface area contributed by atoms with Crippen LogP contribution in [0.25, 0.3) is 0 Å². The lowest BCUT2D eigenvalue weighted by molar-refractivity contribution is -0.138. The van der Waals surface area contributed by atoms with Crippen LogP contribution in [0.15, 0.2) is 0 Å². The third kappa shape index (κ3) is 5.17. The van der Waals surface area contributed by atoms with Gasteiger partial charge in [0.05, 0.1) is 6.54 Å². The maximum absolute atomic E-state index is 11.9. The highest BCUT2D eigenvalue weighted by Gasteiger charge is 2.24. The minimum Gasteiger partial charge on any atom is -0.353 e. The van der Waals surface area contributed by atoms with E-state index in [4.69, 9.17) is 5.73 Å². The summed E-state index contributed by atoms with van der Waals surface area (Å²) in [6.45, 7) is 7.61. The van der Waals surface area contributed by atoms with Crippen molar-refractivity contribution in [1.29, 1.82) is 0 Å². The molecule has 1 saturated heterocycles. The number of nitrogens with one attached hydrogen (secondary N) is 1. The van der Waals surface area contributed by atoms with E-state index in [9.17, 15) is 9.59 Å². The van der Waals surface area contributed by atoms with Crippen LogP contribution in [-0.2, 0) is 9.59 Å². The predicted molar refractivity (Wildman–Crippen MR) is 66.3 cm³/mol. The normalized spacial score (nSPS) is 18.8. The number of hydrogen-bond donors (Lipinski definition) is 2. The first kappa shape index (κ1) is 14.0. The van der Waals surface area contributed by atoms with Crippen molar-refractivity contribution in [2.45, 2.75) is 39.7 Å². The molecule has 17 heavy (non-hydrogen) atoms. The standard InChI is InChI=1S/C12H23N3O2/c1-12(2,3)7-9(13)6-11(17)15-5-4-14-10(16)8-15/h9H,4-8,13H2,1-3H3,(H,14,16). The molecule has 1 unspecified atom stereocenters. The summed E-state index contributed by atoms with van der Waals surface area (Å²) in [7, 11) is 0. The van der Waals surface area contributed by atoms with Gasteiger partial charge in [0, 0.05) is 25.6 Å². The summed E-state index contributed by atoms with van der Waals surface area (Å²) < 4.78 is 0. The second-order valence-electron chi connectivity index (χ2n) is 5.89. The van der Waals surface area contributed by atoms with Crippen LogP contribution in [0.1, 0.15) is 33.6 Å². The predicted octanol–water partition coefficient (Wildman–Crippen LogP) is 0.0984. The molecule has 98 valence electrons. The maximum atomic E-state index is 11.9. The molecule has 0 spiro atoms. The topological polar surface area (TPSA) is 75.4 Å². The zero-order chi connectivity index (χ0) is 13.1. The van der Waals surface area contributed by atoms with E-state index in [0.717, 1.165) is 6.42 Å². The van der Waals surface area contributed by atoms with Crippen molar-refractivity contribution in [3.05, 3.63) is 0 Å². The molecule has 0 saturated carbocycles. The van der Waals surface area contributed by atoms with Crippen molar-refractivity contribution in [2.75, 3.05) is 19.6 Å². The van der Waals surface area contributed by atoms with Gasteiger partial charge in [0.1, 0.15) is 0 Å². The Morgan fingerprint density at radius 2 is 2.18 bits per heavy atom. The number of carbonyl (C=O) groups excluding carboxylic acids is 2. The van der Waals surface area contributed by atoms with E-state index in [-0.39, 0.29) is 29.8 Å². The van der Waals surface area contributed by atoms with E-state index < -0.39 is 0 Å². The summed E-state index contributed by atoms with van der Waals surface area (Å²) in [5.41, 5.74) is 6.08. The van der Waals surface area contributed by atoms with Gasteiger partial charge < -0.3 is 16.0 Å². The van der Waals surface area contributed by atoms with Crippen molar-refractivity contribution in [3.63, 3.8) is 0 Å². The van der Waals surface area contributed by atoms with Crippen molar-refractivity contribution in [2.24, 2.45) is 11.1 Å². The van der Waals surface area contributed by atoms with Gasteiger partial charge in [-0.15, -0.1) is 0 Å². The van der Waals surface area contributed by atoms with Gasteiger partial charge in [0.2, 0.25) is 11.8 Å². The SMILES string of the molecule is CC(C)(C)CC(N)CC(=O)N1CCNC(=O)C1. The van der Waals surface area contributed by atoms with Gasteiger partial charge in [-0.3, -0.25) is 9.59 Å². The second kappa shape index (κ2) is 5.49. The summed E-state index contributed by atoms with van der Waals surface area (Å²) >= 11 is 0. The van der Waals surface area contributed by atoms with Gasteiger partial charge >= 0.3 is 0 Å². The Morgan fingerprint density at radius 1 is 1.53 bits per heavy atom. The average Bonchev–Trinajstić information content (AvgIpc) is 2.14. The van der Waals surface area contributed by atoms with Gasteiger partial charge in [-0.25, -0.2) is 0 Å². The zero-order valence-corrected chi connectivity index (χ0v) is 11.0. The number of nitrogens with two attached hydrogens (primary N) is 1. The van der Waals surface area contributed by atoms with Crippen LogP contribution in [-0.4, -0.2) is 42.4 Å². The first-order chi connectivity index (χ1) is 7.78. The number of piperazine rings is 1. The Hall–Kier alpha value is -1.10. The van der Waals surface area contributed by atoms with E-state index >= 15 is 0 Å². The van der Waals surface area contributed by atoms with Crippen molar-refractivity contribution in [1.82, 2.24) is 10.2 Å². The molecule has 0 aliphatic carbocycles. The van der Waals surface area contributed by atoms with Crippen LogP contribution in [0.3, 0.4) is 0 Å². The Kier molecular flexibility index (Phi) is 4.51. The first-order valence-corrected chi connectivity index (χ1v) is 6.08. The second-order valence-corrected chi connectivity index (χ2v) is 5.89.